The zero-order chi connectivity index (χ0) is 21.1. The van der Waals surface area contributed by atoms with Crippen molar-refractivity contribution in [2.24, 2.45) is 0 Å². The molecule has 0 unspecified atom stereocenters. The molecule has 0 saturated carbocycles. The van der Waals surface area contributed by atoms with Crippen molar-refractivity contribution in [3.63, 3.8) is 0 Å². The van der Waals surface area contributed by atoms with Gasteiger partial charge in [-0.05, 0) is 25.0 Å². The van der Waals surface area contributed by atoms with E-state index < -0.39 is 39.3 Å². The molecule has 1 amide bonds. The standard InChI is InChI=1S/C16H15F6IN4O/c1-8-25-26-15(16(20,21)22)27(8)3-2-24-14(28)6-10(23)4-9-5-12(18)13(19)7-11(9)17/h5,7,10H,2-4,6H2,1H3,(H,24,28)/t10-/m1/s1. The number of nitrogens with zero attached hydrogens (tertiary/aromatic N) is 3. The number of carbonyl (C=O) groups excluding carboxylic acids is 1. The highest BCUT2D eigenvalue weighted by Gasteiger charge is 2.37. The molecule has 1 heterocycles. The lowest BCUT2D eigenvalue weighted by molar-refractivity contribution is -0.147. The summed E-state index contributed by atoms with van der Waals surface area (Å²) in [6.07, 6.45) is -4.75. The number of alkyl halides is 4. The lowest BCUT2D eigenvalue weighted by Gasteiger charge is -2.13. The first-order valence-electron chi connectivity index (χ1n) is 8.00. The summed E-state index contributed by atoms with van der Waals surface area (Å²) in [5, 5.41) is 8.93. The molecule has 0 bridgehead atoms. The second kappa shape index (κ2) is 9.09. The Kier molecular flexibility index (Phi) is 7.28. The van der Waals surface area contributed by atoms with Gasteiger partial charge in [0.05, 0.1) is 0 Å². The molecule has 0 aliphatic carbocycles. The topological polar surface area (TPSA) is 59.8 Å². The SMILES string of the molecule is Cc1nnc(C(F)(F)F)n1CCNC(=O)C[C@H](I)Cc1cc(F)c(F)cc1F. The summed E-state index contributed by atoms with van der Waals surface area (Å²) < 4.78 is 78.7. The Morgan fingerprint density at radius 1 is 1.18 bits per heavy atom. The van der Waals surface area contributed by atoms with E-state index in [1.54, 1.807) is 0 Å². The van der Waals surface area contributed by atoms with Crippen LogP contribution in [0.2, 0.25) is 0 Å². The minimum absolute atomic E-state index is 0.0141. The van der Waals surface area contributed by atoms with Crippen LogP contribution in [0.15, 0.2) is 12.1 Å². The Hall–Kier alpha value is -1.86. The van der Waals surface area contributed by atoms with Crippen molar-refractivity contribution in [1.29, 1.82) is 0 Å². The van der Waals surface area contributed by atoms with Gasteiger partial charge in [-0.3, -0.25) is 4.79 Å². The van der Waals surface area contributed by atoms with Crippen LogP contribution in [0, 0.1) is 24.4 Å². The van der Waals surface area contributed by atoms with Crippen molar-refractivity contribution in [3.8, 4) is 0 Å². The molecule has 0 spiro atoms. The van der Waals surface area contributed by atoms with Crippen molar-refractivity contribution in [2.75, 3.05) is 6.54 Å². The van der Waals surface area contributed by atoms with E-state index in [1.165, 1.54) is 6.92 Å². The Bertz CT molecular complexity index is 854. The normalized spacial score (nSPS) is 12.9. The average Bonchev–Trinajstić information content (AvgIpc) is 2.93. The van der Waals surface area contributed by atoms with Crippen LogP contribution in [-0.4, -0.2) is 31.1 Å². The number of halogens is 7. The summed E-state index contributed by atoms with van der Waals surface area (Å²) in [5.41, 5.74) is -0.0685. The molecule has 154 valence electrons. The van der Waals surface area contributed by atoms with Gasteiger partial charge in [-0.2, -0.15) is 13.2 Å². The number of benzene rings is 1. The molecular formula is C16H15F6IN4O. The highest BCUT2D eigenvalue weighted by Crippen LogP contribution is 2.27. The first-order valence-corrected chi connectivity index (χ1v) is 9.24. The number of rotatable bonds is 7. The van der Waals surface area contributed by atoms with Crippen LogP contribution in [0.1, 0.15) is 23.6 Å². The van der Waals surface area contributed by atoms with Crippen LogP contribution < -0.4 is 5.32 Å². The Morgan fingerprint density at radius 2 is 1.82 bits per heavy atom. The summed E-state index contributed by atoms with van der Waals surface area (Å²) >= 11 is 1.86. The minimum atomic E-state index is -4.66. The number of amides is 1. The summed E-state index contributed by atoms with van der Waals surface area (Å²) in [5.74, 6) is -4.96. The number of hydrogen-bond donors (Lipinski definition) is 1. The third-order valence-corrected chi connectivity index (χ3v) is 4.67. The smallest absolute Gasteiger partial charge is 0.354 e. The van der Waals surface area contributed by atoms with Crippen molar-refractivity contribution in [2.45, 2.75) is 36.4 Å². The van der Waals surface area contributed by atoms with Gasteiger partial charge in [0.15, 0.2) is 11.6 Å². The van der Waals surface area contributed by atoms with Crippen LogP contribution in [0.3, 0.4) is 0 Å². The molecule has 5 nitrogen and oxygen atoms in total. The maximum Gasteiger partial charge on any atom is 0.451 e. The zero-order valence-corrected chi connectivity index (χ0v) is 16.6. The highest BCUT2D eigenvalue weighted by atomic mass is 127. The molecular weight excluding hydrogens is 505 g/mol. The van der Waals surface area contributed by atoms with Crippen molar-refractivity contribution in [1.82, 2.24) is 20.1 Å². The van der Waals surface area contributed by atoms with Gasteiger partial charge in [0.1, 0.15) is 11.6 Å². The molecule has 0 saturated heterocycles. The van der Waals surface area contributed by atoms with Crippen molar-refractivity contribution >= 4 is 28.5 Å². The first-order chi connectivity index (χ1) is 13.0. The van der Waals surface area contributed by atoms with Gasteiger partial charge in [-0.15, -0.1) is 10.2 Å². The van der Waals surface area contributed by atoms with E-state index in [0.717, 1.165) is 10.6 Å². The molecule has 1 aromatic carbocycles. The van der Waals surface area contributed by atoms with E-state index in [0.29, 0.717) is 6.07 Å². The number of carbonyl (C=O) groups is 1. The van der Waals surface area contributed by atoms with Crippen LogP contribution in [0.25, 0.3) is 0 Å². The van der Waals surface area contributed by atoms with E-state index in [1.807, 2.05) is 22.6 Å². The van der Waals surface area contributed by atoms with Gasteiger partial charge >= 0.3 is 6.18 Å². The van der Waals surface area contributed by atoms with E-state index >= 15 is 0 Å². The molecule has 1 N–H and O–H groups in total. The maximum atomic E-state index is 13.6. The predicted octanol–water partition coefficient (Wildman–Crippen LogP) is 3.58. The number of aromatic nitrogens is 3. The molecule has 2 aromatic rings. The zero-order valence-electron chi connectivity index (χ0n) is 14.5. The third kappa shape index (κ3) is 5.82. The third-order valence-electron chi connectivity index (χ3n) is 3.78. The summed E-state index contributed by atoms with van der Waals surface area (Å²) in [7, 11) is 0. The molecule has 2 rings (SSSR count). The van der Waals surface area contributed by atoms with Gasteiger partial charge in [-0.25, -0.2) is 13.2 Å². The Balaban J connectivity index is 1.87. The minimum Gasteiger partial charge on any atom is -0.354 e. The van der Waals surface area contributed by atoms with E-state index in [2.05, 4.69) is 15.5 Å². The lowest BCUT2D eigenvalue weighted by Crippen LogP contribution is -2.30. The fraction of sp³-hybridized carbons (Fsp3) is 0.438. The van der Waals surface area contributed by atoms with E-state index in [9.17, 15) is 31.1 Å². The van der Waals surface area contributed by atoms with E-state index in [4.69, 9.17) is 0 Å². The number of nitrogens with one attached hydrogen (secondary N) is 1. The summed E-state index contributed by atoms with van der Waals surface area (Å²) in [6.45, 7) is 1.09. The number of aryl methyl sites for hydroxylation is 1. The average molecular weight is 520 g/mol. The monoisotopic (exact) mass is 520 g/mol. The van der Waals surface area contributed by atoms with Crippen LogP contribution >= 0.6 is 22.6 Å². The van der Waals surface area contributed by atoms with Crippen LogP contribution in [0.5, 0.6) is 0 Å². The quantitative estimate of drug-likeness (QED) is 0.263. The second-order valence-electron chi connectivity index (χ2n) is 5.93. The van der Waals surface area contributed by atoms with Gasteiger partial charge in [-0.1, -0.05) is 22.6 Å². The second-order valence-corrected chi connectivity index (χ2v) is 7.70. The lowest BCUT2D eigenvalue weighted by atomic mass is 10.1. The molecule has 1 atom stereocenters. The van der Waals surface area contributed by atoms with Gasteiger partial charge in [0, 0.05) is 29.5 Å². The Labute approximate surface area is 169 Å². The molecule has 0 fully saturated rings. The molecule has 28 heavy (non-hydrogen) atoms. The molecule has 0 radical (unpaired) electrons. The maximum absolute atomic E-state index is 13.6. The van der Waals surface area contributed by atoms with Gasteiger partial charge in [0.25, 0.3) is 0 Å². The predicted molar refractivity (Wildman–Crippen MR) is 95.2 cm³/mol. The Morgan fingerprint density at radius 3 is 2.46 bits per heavy atom. The van der Waals surface area contributed by atoms with Gasteiger partial charge in [0.2, 0.25) is 11.7 Å². The molecule has 0 aliphatic rings. The fourth-order valence-electron chi connectivity index (χ4n) is 2.47. The summed E-state index contributed by atoms with van der Waals surface area (Å²) in [6, 6.07) is 1.18. The molecule has 1 aromatic heterocycles. The van der Waals surface area contributed by atoms with Crippen LogP contribution in [0.4, 0.5) is 26.3 Å². The summed E-state index contributed by atoms with van der Waals surface area (Å²) in [4.78, 5) is 11.9. The molecule has 0 aliphatic heterocycles. The van der Waals surface area contributed by atoms with Crippen LogP contribution in [-0.2, 0) is 23.9 Å². The van der Waals surface area contributed by atoms with Crippen molar-refractivity contribution in [3.05, 3.63) is 46.8 Å². The largest absolute Gasteiger partial charge is 0.451 e. The molecule has 12 heteroatoms. The highest BCUT2D eigenvalue weighted by molar-refractivity contribution is 14.1. The van der Waals surface area contributed by atoms with Crippen molar-refractivity contribution < 1.29 is 31.1 Å². The van der Waals surface area contributed by atoms with Gasteiger partial charge < -0.3 is 9.88 Å². The first kappa shape index (κ1) is 22.4. The van der Waals surface area contributed by atoms with E-state index in [-0.39, 0.29) is 37.3 Å². The number of hydrogen-bond acceptors (Lipinski definition) is 3. The fourth-order valence-corrected chi connectivity index (χ4v) is 3.34.